The topological polar surface area (TPSA) is 37.3 Å². The van der Waals surface area contributed by atoms with E-state index < -0.39 is 5.97 Å². The van der Waals surface area contributed by atoms with Crippen LogP contribution in [0.25, 0.3) is 0 Å². The Balaban J connectivity index is 2.45. The molecule has 0 amide bonds. The fourth-order valence-corrected chi connectivity index (χ4v) is 3.76. The lowest BCUT2D eigenvalue weighted by atomic mass is 9.76. The predicted molar refractivity (Wildman–Crippen MR) is 126 cm³/mol. The molecule has 0 fully saturated rings. The average Bonchev–Trinajstić information content (AvgIpc) is 2.68. The molecule has 2 atom stereocenters. The van der Waals surface area contributed by atoms with Crippen LogP contribution in [0.4, 0.5) is 0 Å². The minimum Gasteiger partial charge on any atom is -0.481 e. The number of hydrogen-bond acceptors (Lipinski definition) is 1. The quantitative estimate of drug-likeness (QED) is 0.236. The van der Waals surface area contributed by atoms with Gasteiger partial charge < -0.3 is 5.11 Å². The third-order valence-electron chi connectivity index (χ3n) is 5.74. The van der Waals surface area contributed by atoms with Crippen molar-refractivity contribution in [3.63, 3.8) is 0 Å². The third-order valence-corrected chi connectivity index (χ3v) is 5.74. The summed E-state index contributed by atoms with van der Waals surface area (Å²) in [6, 6.07) is 0. The molecule has 1 rings (SSSR count). The Hall–Kier alpha value is -1.83. The molecule has 0 saturated heterocycles. The molecule has 29 heavy (non-hydrogen) atoms. The summed E-state index contributed by atoms with van der Waals surface area (Å²) in [5.74, 6) is 0.479. The maximum Gasteiger partial charge on any atom is 0.303 e. The van der Waals surface area contributed by atoms with Gasteiger partial charge >= 0.3 is 5.97 Å². The van der Waals surface area contributed by atoms with Gasteiger partial charge in [0.15, 0.2) is 0 Å². The van der Waals surface area contributed by atoms with E-state index in [-0.39, 0.29) is 6.42 Å². The molecule has 0 aromatic rings. The van der Waals surface area contributed by atoms with Crippen molar-refractivity contribution in [2.24, 2.45) is 11.8 Å². The van der Waals surface area contributed by atoms with Crippen molar-refractivity contribution >= 4 is 5.97 Å². The van der Waals surface area contributed by atoms with E-state index in [1.54, 1.807) is 11.1 Å². The van der Waals surface area contributed by atoms with Gasteiger partial charge in [0.05, 0.1) is 0 Å². The minimum atomic E-state index is -0.708. The first-order chi connectivity index (χ1) is 14.0. The molecule has 0 heterocycles. The Labute approximate surface area is 179 Å². The molecule has 1 aliphatic carbocycles. The van der Waals surface area contributed by atoms with E-state index in [0.29, 0.717) is 11.8 Å². The summed E-state index contributed by atoms with van der Waals surface area (Å²) in [5, 5.41) is 8.65. The number of allylic oxidation sites excluding steroid dienone is 10. The second-order valence-electron chi connectivity index (χ2n) is 8.35. The van der Waals surface area contributed by atoms with Crippen LogP contribution < -0.4 is 0 Å². The van der Waals surface area contributed by atoms with Crippen LogP contribution in [0.1, 0.15) is 91.4 Å². The molecule has 0 bridgehead atoms. The molecule has 2 heteroatoms. The van der Waals surface area contributed by atoms with Crippen LogP contribution in [0.15, 0.2) is 59.8 Å². The van der Waals surface area contributed by atoms with Crippen LogP contribution in [-0.4, -0.2) is 11.1 Å². The summed E-state index contributed by atoms with van der Waals surface area (Å²) in [7, 11) is 0. The number of aliphatic carboxylic acids is 1. The Morgan fingerprint density at radius 2 is 1.34 bits per heavy atom. The van der Waals surface area contributed by atoms with Gasteiger partial charge in [-0.15, -0.1) is 0 Å². The predicted octanol–water partition coefficient (Wildman–Crippen LogP) is 8.19. The summed E-state index contributed by atoms with van der Waals surface area (Å²) in [6.07, 6.45) is 29.6. The van der Waals surface area contributed by atoms with E-state index in [9.17, 15) is 4.79 Å². The van der Waals surface area contributed by atoms with Crippen LogP contribution in [0.3, 0.4) is 0 Å². The van der Waals surface area contributed by atoms with E-state index in [2.05, 4.69) is 69.4 Å². The van der Waals surface area contributed by atoms with Crippen molar-refractivity contribution in [2.45, 2.75) is 91.4 Å². The molecule has 1 N–H and O–H groups in total. The second-order valence-corrected chi connectivity index (χ2v) is 8.35. The van der Waals surface area contributed by atoms with Crippen molar-refractivity contribution in [3.8, 4) is 0 Å². The summed E-state index contributed by atoms with van der Waals surface area (Å²) in [6.45, 7) is 6.81. The van der Waals surface area contributed by atoms with Crippen LogP contribution >= 0.6 is 0 Å². The molecule has 0 aliphatic heterocycles. The molecule has 0 spiro atoms. The van der Waals surface area contributed by atoms with Crippen LogP contribution in [0.2, 0.25) is 0 Å². The van der Waals surface area contributed by atoms with Crippen molar-refractivity contribution in [3.05, 3.63) is 59.8 Å². The first kappa shape index (κ1) is 25.2. The Kier molecular flexibility index (Phi) is 13.9. The Bertz CT molecular complexity index is 604. The molecule has 0 aromatic heterocycles. The van der Waals surface area contributed by atoms with Gasteiger partial charge in [-0.25, -0.2) is 0 Å². The largest absolute Gasteiger partial charge is 0.481 e. The van der Waals surface area contributed by atoms with Crippen LogP contribution in [-0.2, 0) is 4.79 Å². The van der Waals surface area contributed by atoms with E-state index in [4.69, 9.17) is 5.11 Å². The fraction of sp³-hybridized carbons (Fsp3) is 0.593. The van der Waals surface area contributed by atoms with Crippen molar-refractivity contribution < 1.29 is 9.90 Å². The zero-order valence-corrected chi connectivity index (χ0v) is 18.9. The zero-order valence-electron chi connectivity index (χ0n) is 18.9. The molecule has 0 unspecified atom stereocenters. The van der Waals surface area contributed by atoms with Crippen molar-refractivity contribution in [1.82, 2.24) is 0 Å². The number of carboxylic acids is 1. The monoisotopic (exact) mass is 398 g/mol. The molecule has 2 nitrogen and oxygen atoms in total. The Morgan fingerprint density at radius 1 is 0.828 bits per heavy atom. The lowest BCUT2D eigenvalue weighted by Gasteiger charge is -2.29. The van der Waals surface area contributed by atoms with Gasteiger partial charge in [0.2, 0.25) is 0 Å². The smallest absolute Gasteiger partial charge is 0.303 e. The maximum absolute atomic E-state index is 10.5. The number of hydrogen-bond donors (Lipinski definition) is 1. The van der Waals surface area contributed by atoms with E-state index in [1.807, 2.05) is 0 Å². The minimum absolute atomic E-state index is 0.259. The van der Waals surface area contributed by atoms with Gasteiger partial charge in [-0.3, -0.25) is 4.79 Å². The van der Waals surface area contributed by atoms with Gasteiger partial charge in [-0.2, -0.15) is 0 Å². The average molecular weight is 399 g/mol. The standard InChI is InChI=1S/C27H42O2/c1-4-5-6-7-8-9-12-15-18-25-21-23(2)24(3)22-26(25)19-16-13-10-11-14-17-20-27(28)29/h8-11,15-16,18-19,25-26H,4-7,12-14,17,20-22H2,1-3H3,(H,28,29)/b9-8-,11-10-,18-15-,19-16-/t25-,26-/m1/s1. The van der Waals surface area contributed by atoms with E-state index >= 15 is 0 Å². The van der Waals surface area contributed by atoms with E-state index in [1.165, 1.54) is 32.1 Å². The molecular weight excluding hydrogens is 356 g/mol. The first-order valence-corrected chi connectivity index (χ1v) is 11.5. The highest BCUT2D eigenvalue weighted by Gasteiger charge is 2.22. The SMILES string of the molecule is CCCCC/C=C\C/C=C\[C@@H]1CC(C)=C(C)C[C@H]1/C=C\C/C=C\CCCC(=O)O. The highest BCUT2D eigenvalue weighted by Crippen LogP contribution is 2.35. The molecule has 0 saturated carbocycles. The maximum atomic E-state index is 10.5. The van der Waals surface area contributed by atoms with Crippen LogP contribution in [0, 0.1) is 11.8 Å². The molecule has 1 aliphatic rings. The number of unbranched alkanes of at least 4 members (excludes halogenated alkanes) is 4. The van der Waals surface area contributed by atoms with Crippen LogP contribution in [0.5, 0.6) is 0 Å². The number of rotatable bonds is 14. The molecular formula is C27H42O2. The summed E-state index contributed by atoms with van der Waals surface area (Å²) < 4.78 is 0. The first-order valence-electron chi connectivity index (χ1n) is 11.5. The summed E-state index contributed by atoms with van der Waals surface area (Å²) in [4.78, 5) is 10.5. The van der Waals surface area contributed by atoms with Gasteiger partial charge in [-0.1, -0.05) is 79.5 Å². The van der Waals surface area contributed by atoms with E-state index in [0.717, 1.165) is 32.1 Å². The third kappa shape index (κ3) is 12.4. The zero-order chi connectivity index (χ0) is 21.3. The molecule has 0 aromatic carbocycles. The van der Waals surface area contributed by atoms with Gasteiger partial charge in [0.1, 0.15) is 0 Å². The lowest BCUT2D eigenvalue weighted by molar-refractivity contribution is -0.137. The number of carbonyl (C=O) groups is 1. The summed E-state index contributed by atoms with van der Waals surface area (Å²) in [5.41, 5.74) is 3.10. The van der Waals surface area contributed by atoms with Crippen molar-refractivity contribution in [1.29, 1.82) is 0 Å². The summed E-state index contributed by atoms with van der Waals surface area (Å²) >= 11 is 0. The lowest BCUT2D eigenvalue weighted by Crippen LogP contribution is -2.17. The molecule has 162 valence electrons. The van der Waals surface area contributed by atoms with Crippen molar-refractivity contribution in [2.75, 3.05) is 0 Å². The van der Waals surface area contributed by atoms with Gasteiger partial charge in [-0.05, 0) is 77.0 Å². The highest BCUT2D eigenvalue weighted by atomic mass is 16.4. The highest BCUT2D eigenvalue weighted by molar-refractivity contribution is 5.66. The van der Waals surface area contributed by atoms with Gasteiger partial charge in [0.25, 0.3) is 0 Å². The second kappa shape index (κ2) is 16.0. The number of carboxylic acid groups (broad SMARTS) is 1. The normalized spacial score (nSPS) is 20.8. The fourth-order valence-electron chi connectivity index (χ4n) is 3.76. The van der Waals surface area contributed by atoms with Gasteiger partial charge in [0, 0.05) is 6.42 Å². The molecule has 0 radical (unpaired) electrons. The Morgan fingerprint density at radius 3 is 1.83 bits per heavy atom.